The molecular weight excluding hydrogens is 318 g/mol. The fraction of sp³-hybridized carbons (Fsp3) is 0.250. The van der Waals surface area contributed by atoms with Gasteiger partial charge >= 0.3 is 0 Å². The van der Waals surface area contributed by atoms with Gasteiger partial charge in [-0.2, -0.15) is 0 Å². The SMILES string of the molecule is CCc1ccc2c(n1)C1=C(CN=C1C)CN=C2c1ccc(Cl)cc1. The number of hydrogen-bond donors (Lipinski definition) is 0. The van der Waals surface area contributed by atoms with Crippen molar-refractivity contribution in [3.8, 4) is 0 Å². The lowest BCUT2D eigenvalue weighted by molar-refractivity contribution is 1.02. The first kappa shape index (κ1) is 15.3. The molecule has 2 aliphatic rings. The van der Waals surface area contributed by atoms with E-state index in [9.17, 15) is 0 Å². The predicted octanol–water partition coefficient (Wildman–Crippen LogP) is 4.38. The molecule has 0 saturated carbocycles. The van der Waals surface area contributed by atoms with Gasteiger partial charge in [-0.3, -0.25) is 15.0 Å². The van der Waals surface area contributed by atoms with E-state index in [0.29, 0.717) is 6.54 Å². The summed E-state index contributed by atoms with van der Waals surface area (Å²) in [5.41, 5.74) is 8.77. The molecule has 0 amide bonds. The Balaban J connectivity index is 1.93. The Morgan fingerprint density at radius 3 is 2.50 bits per heavy atom. The second-order valence-corrected chi connectivity index (χ2v) is 6.54. The molecule has 1 aromatic carbocycles. The average Bonchev–Trinajstić information content (AvgIpc) is 2.88. The summed E-state index contributed by atoms with van der Waals surface area (Å²) < 4.78 is 0. The number of aromatic nitrogens is 1. The van der Waals surface area contributed by atoms with Gasteiger partial charge in [0.05, 0.1) is 24.5 Å². The zero-order valence-corrected chi connectivity index (χ0v) is 14.6. The smallest absolute Gasteiger partial charge is 0.0818 e. The summed E-state index contributed by atoms with van der Waals surface area (Å²) in [6.45, 7) is 5.60. The van der Waals surface area contributed by atoms with E-state index in [-0.39, 0.29) is 0 Å². The van der Waals surface area contributed by atoms with Crippen LogP contribution in [0.1, 0.15) is 36.4 Å². The van der Waals surface area contributed by atoms with Gasteiger partial charge in [0.2, 0.25) is 0 Å². The molecular formula is C20H18ClN3. The van der Waals surface area contributed by atoms with Crippen LogP contribution in [0.3, 0.4) is 0 Å². The molecule has 0 saturated heterocycles. The Kier molecular flexibility index (Phi) is 3.81. The van der Waals surface area contributed by atoms with E-state index < -0.39 is 0 Å². The van der Waals surface area contributed by atoms with Gasteiger partial charge in [-0.1, -0.05) is 30.7 Å². The third-order valence-electron chi connectivity index (χ3n) is 4.58. The molecule has 3 nitrogen and oxygen atoms in total. The summed E-state index contributed by atoms with van der Waals surface area (Å²) in [6.07, 6.45) is 0.916. The normalized spacial score (nSPS) is 16.3. The summed E-state index contributed by atoms with van der Waals surface area (Å²) in [6, 6.07) is 12.1. The van der Waals surface area contributed by atoms with Crippen molar-refractivity contribution in [3.63, 3.8) is 0 Å². The van der Waals surface area contributed by atoms with Gasteiger partial charge in [0.15, 0.2) is 0 Å². The van der Waals surface area contributed by atoms with Crippen LogP contribution in [0.4, 0.5) is 0 Å². The van der Waals surface area contributed by atoms with Crippen molar-refractivity contribution in [3.05, 3.63) is 69.5 Å². The fourth-order valence-corrected chi connectivity index (χ4v) is 3.41. The standard InChI is InChI=1S/C20H18ClN3/c1-3-16-8-9-17-19(13-4-6-15(21)7-5-13)23-11-14-10-22-12(2)18(14)20(17)24-16/h4-9H,3,10-11H2,1-2H3. The number of rotatable bonds is 2. The van der Waals surface area contributed by atoms with Crippen molar-refractivity contribution >= 4 is 28.6 Å². The molecule has 24 heavy (non-hydrogen) atoms. The molecule has 0 unspecified atom stereocenters. The van der Waals surface area contributed by atoms with E-state index in [1.807, 2.05) is 24.3 Å². The number of halogens is 1. The number of nitrogens with zero attached hydrogens (tertiary/aromatic N) is 3. The van der Waals surface area contributed by atoms with Crippen molar-refractivity contribution < 1.29 is 0 Å². The third kappa shape index (κ3) is 2.49. The number of allylic oxidation sites excluding steroid dienone is 1. The largest absolute Gasteiger partial charge is 0.285 e. The number of benzene rings is 1. The summed E-state index contributed by atoms with van der Waals surface area (Å²) in [7, 11) is 0. The fourth-order valence-electron chi connectivity index (χ4n) is 3.29. The Hall–Kier alpha value is -2.26. The maximum atomic E-state index is 6.04. The van der Waals surface area contributed by atoms with Gasteiger partial charge in [0, 0.05) is 33.1 Å². The Bertz CT molecular complexity index is 905. The molecule has 0 atom stereocenters. The molecule has 2 aromatic rings. The molecule has 4 rings (SSSR count). The second-order valence-electron chi connectivity index (χ2n) is 6.10. The van der Waals surface area contributed by atoms with E-state index in [1.54, 1.807) is 0 Å². The van der Waals surface area contributed by atoms with Crippen molar-refractivity contribution in [2.24, 2.45) is 9.98 Å². The van der Waals surface area contributed by atoms with E-state index in [1.165, 1.54) is 11.1 Å². The van der Waals surface area contributed by atoms with Crippen LogP contribution < -0.4 is 0 Å². The first-order valence-electron chi connectivity index (χ1n) is 8.22. The van der Waals surface area contributed by atoms with Gasteiger partial charge < -0.3 is 0 Å². The van der Waals surface area contributed by atoms with Crippen LogP contribution in [0, 0.1) is 0 Å². The van der Waals surface area contributed by atoms with Crippen LogP contribution in [0.5, 0.6) is 0 Å². The quantitative estimate of drug-likeness (QED) is 0.802. The maximum absolute atomic E-state index is 6.04. The Morgan fingerprint density at radius 2 is 1.75 bits per heavy atom. The van der Waals surface area contributed by atoms with Crippen LogP contribution in [-0.2, 0) is 6.42 Å². The lowest BCUT2D eigenvalue weighted by atomic mass is 9.94. The average molecular weight is 336 g/mol. The summed E-state index contributed by atoms with van der Waals surface area (Å²) >= 11 is 6.04. The molecule has 2 aliphatic heterocycles. The summed E-state index contributed by atoms with van der Waals surface area (Å²) in [5.74, 6) is 0. The molecule has 0 spiro atoms. The highest BCUT2D eigenvalue weighted by Gasteiger charge is 2.26. The van der Waals surface area contributed by atoms with Gasteiger partial charge in [-0.15, -0.1) is 0 Å². The highest BCUT2D eigenvalue weighted by Crippen LogP contribution is 2.32. The van der Waals surface area contributed by atoms with Crippen molar-refractivity contribution in [1.29, 1.82) is 0 Å². The van der Waals surface area contributed by atoms with E-state index in [4.69, 9.17) is 21.6 Å². The van der Waals surface area contributed by atoms with Gasteiger partial charge in [-0.05, 0) is 43.2 Å². The van der Waals surface area contributed by atoms with Crippen LogP contribution in [0.25, 0.3) is 5.57 Å². The second kappa shape index (κ2) is 5.99. The molecule has 0 aliphatic carbocycles. The van der Waals surface area contributed by atoms with Crippen LogP contribution in [-0.4, -0.2) is 29.5 Å². The first-order chi connectivity index (χ1) is 11.7. The predicted molar refractivity (Wildman–Crippen MR) is 100 cm³/mol. The highest BCUT2D eigenvalue weighted by molar-refractivity contribution is 6.31. The van der Waals surface area contributed by atoms with Crippen LogP contribution in [0.2, 0.25) is 5.02 Å². The van der Waals surface area contributed by atoms with Gasteiger partial charge in [0.1, 0.15) is 0 Å². The van der Waals surface area contributed by atoms with Crippen molar-refractivity contribution in [2.75, 3.05) is 13.1 Å². The van der Waals surface area contributed by atoms with Crippen molar-refractivity contribution in [2.45, 2.75) is 20.3 Å². The number of aryl methyl sites for hydroxylation is 1. The van der Waals surface area contributed by atoms with Crippen molar-refractivity contribution in [1.82, 2.24) is 4.98 Å². The molecule has 1 aromatic heterocycles. The lowest BCUT2D eigenvalue weighted by Crippen LogP contribution is -2.10. The molecule has 0 bridgehead atoms. The zero-order valence-electron chi connectivity index (χ0n) is 13.8. The van der Waals surface area contributed by atoms with Gasteiger partial charge in [-0.25, -0.2) is 0 Å². The van der Waals surface area contributed by atoms with E-state index >= 15 is 0 Å². The topological polar surface area (TPSA) is 37.6 Å². The number of aliphatic imine (C=N–C) groups is 2. The Labute approximate surface area is 146 Å². The summed E-state index contributed by atoms with van der Waals surface area (Å²) in [4.78, 5) is 14.4. The molecule has 0 radical (unpaired) electrons. The maximum Gasteiger partial charge on any atom is 0.0818 e. The molecule has 0 N–H and O–H groups in total. The third-order valence-corrected chi connectivity index (χ3v) is 4.83. The van der Waals surface area contributed by atoms with Crippen LogP contribution in [0.15, 0.2) is 52.0 Å². The van der Waals surface area contributed by atoms with Gasteiger partial charge in [0.25, 0.3) is 0 Å². The monoisotopic (exact) mass is 335 g/mol. The zero-order chi connectivity index (χ0) is 16.7. The molecule has 0 fully saturated rings. The number of fused-ring (bicyclic) bond motifs is 2. The van der Waals surface area contributed by atoms with E-state index in [0.717, 1.165) is 51.9 Å². The Morgan fingerprint density at radius 1 is 1.00 bits per heavy atom. The van der Waals surface area contributed by atoms with E-state index in [2.05, 4.69) is 31.0 Å². The summed E-state index contributed by atoms with van der Waals surface area (Å²) in [5, 5.41) is 0.733. The molecule has 120 valence electrons. The molecule has 3 heterocycles. The highest BCUT2D eigenvalue weighted by atomic mass is 35.5. The number of pyridine rings is 1. The molecule has 4 heteroatoms. The number of hydrogen-bond acceptors (Lipinski definition) is 3. The first-order valence-corrected chi connectivity index (χ1v) is 8.59. The van der Waals surface area contributed by atoms with Crippen LogP contribution >= 0.6 is 11.6 Å². The minimum Gasteiger partial charge on any atom is -0.285 e. The minimum absolute atomic E-state index is 0.673. The minimum atomic E-state index is 0.673. The lowest BCUT2D eigenvalue weighted by Gasteiger charge is -2.13.